The third-order valence-electron chi connectivity index (χ3n) is 3.64. The van der Waals surface area contributed by atoms with E-state index in [1.165, 1.54) is 26.7 Å². The molecule has 5 nitrogen and oxygen atoms in total. The largest absolute Gasteiger partial charge is 0.489 e. The van der Waals surface area contributed by atoms with Crippen LogP contribution in [-0.2, 0) is 25.5 Å². The molecule has 0 atom stereocenters. The molecule has 1 rings (SSSR count). The number of benzene rings is 1. The quantitative estimate of drug-likeness (QED) is 0.440. The van der Waals surface area contributed by atoms with Gasteiger partial charge >= 0.3 is 11.9 Å². The van der Waals surface area contributed by atoms with Crippen LogP contribution in [0.2, 0.25) is 0 Å². The first-order chi connectivity index (χ1) is 10.4. The highest BCUT2D eigenvalue weighted by molar-refractivity contribution is 6.02. The molecule has 0 fully saturated rings. The average Bonchev–Trinajstić information content (AvgIpc) is 2.57. The Morgan fingerprint density at radius 1 is 1.09 bits per heavy atom. The van der Waals surface area contributed by atoms with Gasteiger partial charge in [0.15, 0.2) is 5.41 Å². The number of rotatable bonds is 7. The average molecular weight is 306 g/mol. The standard InChI is InChI=1S/C17H22O5/c1-6-13-7-9-14(10-8-13)22-11-12(2)17(3,15(18)20-4)16(19)21-5/h7-10H,2,6,11H2,1,3-5H3. The van der Waals surface area contributed by atoms with Crippen LogP contribution >= 0.6 is 0 Å². The molecule has 1 aromatic rings. The van der Waals surface area contributed by atoms with Crippen LogP contribution in [0.1, 0.15) is 19.4 Å². The van der Waals surface area contributed by atoms with Crippen LogP contribution in [0.5, 0.6) is 5.75 Å². The van der Waals surface area contributed by atoms with Crippen LogP contribution in [-0.4, -0.2) is 32.8 Å². The Hall–Kier alpha value is -2.30. The lowest BCUT2D eigenvalue weighted by molar-refractivity contribution is -0.164. The molecule has 22 heavy (non-hydrogen) atoms. The lowest BCUT2D eigenvalue weighted by Gasteiger charge is -2.26. The zero-order valence-electron chi connectivity index (χ0n) is 13.5. The maximum atomic E-state index is 11.9. The van der Waals surface area contributed by atoms with Crippen LogP contribution in [0.25, 0.3) is 0 Å². The number of carbonyl (C=O) groups excluding carboxylic acids is 2. The summed E-state index contributed by atoms with van der Waals surface area (Å²) in [5.74, 6) is -0.820. The molecule has 5 heteroatoms. The van der Waals surface area contributed by atoms with Crippen LogP contribution in [0, 0.1) is 5.41 Å². The van der Waals surface area contributed by atoms with Gasteiger partial charge in [0.1, 0.15) is 12.4 Å². The third kappa shape index (κ3) is 3.67. The summed E-state index contributed by atoms with van der Waals surface area (Å²) < 4.78 is 15.0. The highest BCUT2D eigenvalue weighted by Gasteiger charge is 2.46. The van der Waals surface area contributed by atoms with Gasteiger partial charge in [0.05, 0.1) is 14.2 Å². The first-order valence-corrected chi connectivity index (χ1v) is 6.96. The fourth-order valence-electron chi connectivity index (χ4n) is 1.92. The molecule has 1 aromatic carbocycles. The molecule has 0 saturated heterocycles. The van der Waals surface area contributed by atoms with Crippen molar-refractivity contribution < 1.29 is 23.8 Å². The zero-order valence-corrected chi connectivity index (χ0v) is 13.5. The molecule has 0 unspecified atom stereocenters. The van der Waals surface area contributed by atoms with Crippen molar-refractivity contribution in [2.24, 2.45) is 5.41 Å². The third-order valence-corrected chi connectivity index (χ3v) is 3.64. The first kappa shape index (κ1) is 17.8. The Morgan fingerprint density at radius 3 is 2.00 bits per heavy atom. The van der Waals surface area contributed by atoms with Gasteiger partial charge < -0.3 is 14.2 Å². The summed E-state index contributed by atoms with van der Waals surface area (Å²) in [6, 6.07) is 7.58. The van der Waals surface area contributed by atoms with Crippen molar-refractivity contribution in [3.05, 3.63) is 42.0 Å². The van der Waals surface area contributed by atoms with Gasteiger partial charge in [-0.15, -0.1) is 0 Å². The molecule has 0 aliphatic heterocycles. The summed E-state index contributed by atoms with van der Waals surface area (Å²) in [5, 5.41) is 0. The van der Waals surface area contributed by atoms with Crippen LogP contribution in [0.15, 0.2) is 36.4 Å². The number of methoxy groups -OCH3 is 2. The molecule has 0 heterocycles. The van der Waals surface area contributed by atoms with E-state index in [9.17, 15) is 9.59 Å². The van der Waals surface area contributed by atoms with Crippen molar-refractivity contribution in [3.63, 3.8) is 0 Å². The normalized spacial score (nSPS) is 10.7. The molecule has 0 aromatic heterocycles. The van der Waals surface area contributed by atoms with Crippen molar-refractivity contribution in [2.45, 2.75) is 20.3 Å². The van der Waals surface area contributed by atoms with Crippen molar-refractivity contribution in [2.75, 3.05) is 20.8 Å². The van der Waals surface area contributed by atoms with Crippen molar-refractivity contribution in [1.29, 1.82) is 0 Å². The fraction of sp³-hybridized carbons (Fsp3) is 0.412. The van der Waals surface area contributed by atoms with E-state index in [4.69, 9.17) is 4.74 Å². The van der Waals surface area contributed by atoms with Crippen molar-refractivity contribution in [3.8, 4) is 5.75 Å². The van der Waals surface area contributed by atoms with E-state index < -0.39 is 17.4 Å². The van der Waals surface area contributed by atoms with Gasteiger partial charge in [-0.1, -0.05) is 25.6 Å². The predicted molar refractivity (Wildman–Crippen MR) is 82.6 cm³/mol. The van der Waals surface area contributed by atoms with Gasteiger partial charge in [-0.05, 0) is 36.6 Å². The van der Waals surface area contributed by atoms with E-state index in [1.54, 1.807) is 0 Å². The molecular formula is C17H22O5. The second-order valence-corrected chi connectivity index (χ2v) is 5.00. The van der Waals surface area contributed by atoms with Gasteiger partial charge in [-0.25, -0.2) is 0 Å². The first-order valence-electron chi connectivity index (χ1n) is 6.96. The smallest absolute Gasteiger partial charge is 0.327 e. The highest BCUT2D eigenvalue weighted by atomic mass is 16.5. The molecule has 0 N–H and O–H groups in total. The van der Waals surface area contributed by atoms with Crippen LogP contribution < -0.4 is 4.74 Å². The lowest BCUT2D eigenvalue weighted by Crippen LogP contribution is -2.41. The number of aryl methyl sites for hydroxylation is 1. The zero-order chi connectivity index (χ0) is 16.8. The number of ether oxygens (including phenoxy) is 3. The SMILES string of the molecule is C=C(COc1ccc(CC)cc1)C(C)(C(=O)OC)C(=O)OC. The second-order valence-electron chi connectivity index (χ2n) is 5.00. The Labute approximate surface area is 130 Å². The molecular weight excluding hydrogens is 284 g/mol. The Kier molecular flexibility index (Phi) is 6.16. The van der Waals surface area contributed by atoms with Crippen molar-refractivity contribution in [1.82, 2.24) is 0 Å². The summed E-state index contributed by atoms with van der Waals surface area (Å²) in [7, 11) is 2.42. The van der Waals surface area contributed by atoms with Crippen LogP contribution in [0.4, 0.5) is 0 Å². The van der Waals surface area contributed by atoms with Gasteiger partial charge in [0.2, 0.25) is 0 Å². The van der Waals surface area contributed by atoms with E-state index in [1.807, 2.05) is 24.3 Å². The Bertz CT molecular complexity index is 529. The Balaban J connectivity index is 2.83. The van der Waals surface area contributed by atoms with Crippen LogP contribution in [0.3, 0.4) is 0 Å². The topological polar surface area (TPSA) is 61.8 Å². The van der Waals surface area contributed by atoms with Gasteiger partial charge in [0, 0.05) is 0 Å². The molecule has 0 aliphatic rings. The van der Waals surface area contributed by atoms with Crippen molar-refractivity contribution >= 4 is 11.9 Å². The second kappa shape index (κ2) is 7.64. The summed E-state index contributed by atoms with van der Waals surface area (Å²) >= 11 is 0. The minimum absolute atomic E-state index is 0.00612. The molecule has 0 amide bonds. The highest BCUT2D eigenvalue weighted by Crippen LogP contribution is 2.29. The summed E-state index contributed by atoms with van der Waals surface area (Å²) in [6.45, 7) is 7.27. The summed E-state index contributed by atoms with van der Waals surface area (Å²) in [5.41, 5.74) is -0.127. The number of hydrogen-bond acceptors (Lipinski definition) is 5. The maximum absolute atomic E-state index is 11.9. The van der Waals surface area contributed by atoms with E-state index in [0.29, 0.717) is 5.75 Å². The van der Waals surface area contributed by atoms with E-state index in [2.05, 4.69) is 23.0 Å². The van der Waals surface area contributed by atoms with E-state index in [-0.39, 0.29) is 12.2 Å². The number of esters is 2. The molecule has 0 aliphatic carbocycles. The fourth-order valence-corrected chi connectivity index (χ4v) is 1.92. The molecule has 0 bridgehead atoms. The summed E-state index contributed by atoms with van der Waals surface area (Å²) in [4.78, 5) is 23.9. The molecule has 0 spiro atoms. The van der Waals surface area contributed by atoms with Gasteiger partial charge in [0.25, 0.3) is 0 Å². The monoisotopic (exact) mass is 306 g/mol. The van der Waals surface area contributed by atoms with Gasteiger partial charge in [-0.2, -0.15) is 0 Å². The minimum atomic E-state index is -1.59. The van der Waals surface area contributed by atoms with Gasteiger partial charge in [-0.3, -0.25) is 9.59 Å². The van der Waals surface area contributed by atoms with E-state index in [0.717, 1.165) is 6.42 Å². The summed E-state index contributed by atoms with van der Waals surface area (Å²) in [6.07, 6.45) is 0.940. The number of hydrogen-bond donors (Lipinski definition) is 0. The maximum Gasteiger partial charge on any atom is 0.327 e. The lowest BCUT2D eigenvalue weighted by atomic mass is 9.83. The Morgan fingerprint density at radius 2 is 1.59 bits per heavy atom. The molecule has 0 radical (unpaired) electrons. The predicted octanol–water partition coefficient (Wildman–Crippen LogP) is 2.54. The molecule has 120 valence electrons. The minimum Gasteiger partial charge on any atom is -0.489 e. The molecule has 0 saturated carbocycles. The van der Waals surface area contributed by atoms with E-state index >= 15 is 0 Å². The number of carbonyl (C=O) groups is 2.